The molecule has 0 fully saturated rings. The van der Waals surface area contributed by atoms with Crippen molar-refractivity contribution < 1.29 is 80.2 Å². The SMILES string of the molecule is CCCCCCCCCCCCCCCCCCCC(=O)O[C@H](COC(=O)CCCCCCCCCCCCCCCCCC)COP(=O)(O)OC[C@@H](O)COP(=O)(O)OC[C@@H](COC(=O)CCCCCCCCCCC)OC(=O)CCCCCCCCCCC(C)CC. The van der Waals surface area contributed by atoms with Crippen LogP contribution in [0.25, 0.3) is 0 Å². The fourth-order valence-electron chi connectivity index (χ4n) is 11.5. The first kappa shape index (κ1) is 92.1. The van der Waals surface area contributed by atoms with E-state index in [0.29, 0.717) is 25.7 Å². The highest BCUT2D eigenvalue weighted by atomic mass is 31.2. The van der Waals surface area contributed by atoms with Crippen LogP contribution in [0.2, 0.25) is 0 Å². The number of hydrogen-bond donors (Lipinski definition) is 3. The minimum atomic E-state index is -4.96. The van der Waals surface area contributed by atoms with Gasteiger partial charge in [0.15, 0.2) is 12.2 Å². The second kappa shape index (κ2) is 68.2. The Balaban J connectivity index is 5.23. The van der Waals surface area contributed by atoms with Gasteiger partial charge < -0.3 is 33.8 Å². The summed E-state index contributed by atoms with van der Waals surface area (Å²) in [6.45, 7) is 7.27. The van der Waals surface area contributed by atoms with E-state index in [1.165, 1.54) is 218 Å². The van der Waals surface area contributed by atoms with E-state index in [1.807, 2.05) is 0 Å². The molecular weight excluding hydrogens is 1230 g/mol. The number of rotatable bonds is 75. The standard InChI is InChI=1S/C75H146O17P2/c1-6-10-13-16-19-22-24-26-28-30-32-34-36-39-45-50-55-60-74(79)91-70(65-86-73(78)59-54-49-44-38-35-33-31-29-27-25-23-20-17-14-11-7-2)66-89-93(81,82)87-62-69(76)63-88-94(83,84)90-67-71(64-85-72(77)58-53-48-43-37-21-18-15-12-8-3)92-75(80)61-56-51-46-41-40-42-47-52-57-68(5)9-4/h68-71,76H,6-67H2,1-5H3,(H,81,82)(H,83,84)/t68?,69-,70-,71-/m1/s1. The van der Waals surface area contributed by atoms with Crippen molar-refractivity contribution in [3.05, 3.63) is 0 Å². The lowest BCUT2D eigenvalue weighted by Gasteiger charge is -2.21. The Morgan fingerprint density at radius 3 is 0.755 bits per heavy atom. The molecular formula is C75H146O17P2. The number of hydrogen-bond acceptors (Lipinski definition) is 15. The zero-order valence-corrected chi connectivity index (χ0v) is 62.9. The number of esters is 4. The Bertz CT molecular complexity index is 1810. The second-order valence-electron chi connectivity index (χ2n) is 27.3. The first-order chi connectivity index (χ1) is 45.6. The molecule has 0 aromatic carbocycles. The van der Waals surface area contributed by atoms with Crippen LogP contribution in [0.1, 0.15) is 394 Å². The van der Waals surface area contributed by atoms with Gasteiger partial charge in [0.1, 0.15) is 19.3 Å². The predicted octanol–water partition coefficient (Wildman–Crippen LogP) is 22.1. The summed E-state index contributed by atoms with van der Waals surface area (Å²) in [7, 11) is -9.91. The Morgan fingerprint density at radius 2 is 0.511 bits per heavy atom. The van der Waals surface area contributed by atoms with Gasteiger partial charge in [-0.3, -0.25) is 37.3 Å². The summed E-state index contributed by atoms with van der Waals surface area (Å²) in [5, 5.41) is 10.6. The number of carbonyl (C=O) groups excluding carboxylic acids is 4. The highest BCUT2D eigenvalue weighted by Crippen LogP contribution is 2.45. The van der Waals surface area contributed by atoms with Crippen molar-refractivity contribution in [2.24, 2.45) is 5.92 Å². The topological polar surface area (TPSA) is 237 Å². The maximum Gasteiger partial charge on any atom is 0.472 e. The molecule has 19 heteroatoms. The maximum absolute atomic E-state index is 13.1. The van der Waals surface area contributed by atoms with Gasteiger partial charge in [-0.15, -0.1) is 0 Å². The van der Waals surface area contributed by atoms with Crippen LogP contribution >= 0.6 is 15.6 Å². The molecule has 3 unspecified atom stereocenters. The average Bonchev–Trinajstić information content (AvgIpc) is 1.87. The number of ether oxygens (including phenoxy) is 4. The van der Waals surface area contributed by atoms with Crippen LogP contribution in [0.3, 0.4) is 0 Å². The third kappa shape index (κ3) is 67.3. The molecule has 94 heavy (non-hydrogen) atoms. The minimum Gasteiger partial charge on any atom is -0.462 e. The summed E-state index contributed by atoms with van der Waals surface area (Å²) in [5.41, 5.74) is 0. The normalized spacial score (nSPS) is 14.3. The third-order valence-corrected chi connectivity index (χ3v) is 19.8. The summed E-state index contributed by atoms with van der Waals surface area (Å²) >= 11 is 0. The van der Waals surface area contributed by atoms with Crippen molar-refractivity contribution in [1.29, 1.82) is 0 Å². The number of phosphoric acid groups is 2. The highest BCUT2D eigenvalue weighted by molar-refractivity contribution is 7.47. The predicted molar refractivity (Wildman–Crippen MR) is 382 cm³/mol. The van der Waals surface area contributed by atoms with E-state index >= 15 is 0 Å². The molecule has 0 amide bonds. The van der Waals surface area contributed by atoms with Crippen molar-refractivity contribution in [3.8, 4) is 0 Å². The van der Waals surface area contributed by atoms with Crippen molar-refractivity contribution >= 4 is 39.5 Å². The lowest BCUT2D eigenvalue weighted by Crippen LogP contribution is -2.30. The lowest BCUT2D eigenvalue weighted by atomic mass is 9.99. The fraction of sp³-hybridized carbons (Fsp3) is 0.947. The number of aliphatic hydroxyl groups excluding tert-OH is 1. The quantitative estimate of drug-likeness (QED) is 0.0222. The summed E-state index contributed by atoms with van der Waals surface area (Å²) in [4.78, 5) is 72.7. The molecule has 0 aromatic heterocycles. The van der Waals surface area contributed by atoms with Crippen LogP contribution < -0.4 is 0 Å². The van der Waals surface area contributed by atoms with Gasteiger partial charge in [-0.2, -0.15) is 0 Å². The first-order valence-corrected chi connectivity index (χ1v) is 42.2. The van der Waals surface area contributed by atoms with Crippen molar-refractivity contribution in [3.63, 3.8) is 0 Å². The van der Waals surface area contributed by atoms with Crippen molar-refractivity contribution in [2.45, 2.75) is 412 Å². The molecule has 0 spiro atoms. The van der Waals surface area contributed by atoms with Gasteiger partial charge in [0.25, 0.3) is 0 Å². The zero-order valence-electron chi connectivity index (χ0n) is 61.1. The Morgan fingerprint density at radius 1 is 0.298 bits per heavy atom. The van der Waals surface area contributed by atoms with Gasteiger partial charge in [0, 0.05) is 25.7 Å². The molecule has 0 saturated carbocycles. The molecule has 0 radical (unpaired) electrons. The van der Waals surface area contributed by atoms with Gasteiger partial charge >= 0.3 is 39.5 Å². The van der Waals surface area contributed by atoms with E-state index in [4.69, 9.17) is 37.0 Å². The number of aliphatic hydroxyl groups is 1. The van der Waals surface area contributed by atoms with E-state index in [0.717, 1.165) is 95.8 Å². The Kier molecular flexibility index (Phi) is 66.8. The summed E-state index contributed by atoms with van der Waals surface area (Å²) in [6, 6.07) is 0. The van der Waals surface area contributed by atoms with E-state index < -0.39 is 97.5 Å². The van der Waals surface area contributed by atoms with Crippen molar-refractivity contribution in [2.75, 3.05) is 39.6 Å². The Hall–Kier alpha value is -1.94. The molecule has 558 valence electrons. The van der Waals surface area contributed by atoms with Gasteiger partial charge in [0.2, 0.25) is 0 Å². The molecule has 0 aliphatic heterocycles. The molecule has 17 nitrogen and oxygen atoms in total. The molecule has 0 bridgehead atoms. The minimum absolute atomic E-state index is 0.105. The van der Waals surface area contributed by atoms with E-state index in [9.17, 15) is 43.2 Å². The molecule has 0 saturated heterocycles. The fourth-order valence-corrected chi connectivity index (χ4v) is 13.1. The molecule has 0 aliphatic rings. The van der Waals surface area contributed by atoms with E-state index in [-0.39, 0.29) is 25.7 Å². The number of phosphoric ester groups is 2. The van der Waals surface area contributed by atoms with Gasteiger partial charge in [0.05, 0.1) is 26.4 Å². The van der Waals surface area contributed by atoms with Crippen LogP contribution in [0.4, 0.5) is 0 Å². The highest BCUT2D eigenvalue weighted by Gasteiger charge is 2.30. The van der Waals surface area contributed by atoms with E-state index in [1.54, 1.807) is 0 Å². The maximum atomic E-state index is 13.1. The number of carbonyl (C=O) groups is 4. The molecule has 0 aromatic rings. The van der Waals surface area contributed by atoms with Crippen LogP contribution in [-0.4, -0.2) is 96.7 Å². The lowest BCUT2D eigenvalue weighted by molar-refractivity contribution is -0.161. The number of unbranched alkanes of at least 4 members (excludes halogenated alkanes) is 46. The smallest absolute Gasteiger partial charge is 0.462 e. The van der Waals surface area contributed by atoms with Crippen LogP contribution in [0.15, 0.2) is 0 Å². The van der Waals surface area contributed by atoms with E-state index in [2.05, 4.69) is 34.6 Å². The summed E-state index contributed by atoms with van der Waals surface area (Å²) in [5.74, 6) is -1.35. The molecule has 0 aliphatic carbocycles. The first-order valence-electron chi connectivity index (χ1n) is 39.2. The second-order valence-corrected chi connectivity index (χ2v) is 30.2. The summed E-state index contributed by atoms with van der Waals surface area (Å²) in [6.07, 6.45) is 56.8. The Labute approximate surface area is 575 Å². The molecule has 0 rings (SSSR count). The summed E-state index contributed by atoms with van der Waals surface area (Å²) < 4.78 is 68.5. The van der Waals surface area contributed by atoms with Gasteiger partial charge in [-0.05, 0) is 31.6 Å². The average molecular weight is 1380 g/mol. The van der Waals surface area contributed by atoms with Crippen LogP contribution in [-0.2, 0) is 65.4 Å². The van der Waals surface area contributed by atoms with Gasteiger partial charge in [-0.1, -0.05) is 343 Å². The van der Waals surface area contributed by atoms with Crippen LogP contribution in [0.5, 0.6) is 0 Å². The van der Waals surface area contributed by atoms with Crippen LogP contribution in [0, 0.1) is 5.92 Å². The molecule has 0 heterocycles. The van der Waals surface area contributed by atoms with Gasteiger partial charge in [-0.25, -0.2) is 9.13 Å². The monoisotopic (exact) mass is 1380 g/mol. The molecule has 6 atom stereocenters. The molecule has 3 N–H and O–H groups in total. The zero-order chi connectivity index (χ0) is 69.1. The largest absolute Gasteiger partial charge is 0.472 e. The third-order valence-electron chi connectivity index (χ3n) is 17.9. The van der Waals surface area contributed by atoms with Crippen molar-refractivity contribution in [1.82, 2.24) is 0 Å².